The van der Waals surface area contributed by atoms with Crippen LogP contribution in [0.3, 0.4) is 0 Å². The first kappa shape index (κ1) is 14.0. The molecule has 2 rings (SSSR count). The normalized spacial score (nSPS) is 10.1. The van der Waals surface area contributed by atoms with Gasteiger partial charge in [0, 0.05) is 12.0 Å². The van der Waals surface area contributed by atoms with E-state index in [2.05, 4.69) is 0 Å². The first-order valence-electron chi connectivity index (χ1n) is 6.44. The molecule has 20 heavy (non-hydrogen) atoms. The molecule has 0 saturated carbocycles. The fraction of sp³-hybridized carbons (Fsp3) is 0.176. The van der Waals surface area contributed by atoms with E-state index in [1.54, 1.807) is 24.3 Å². The van der Waals surface area contributed by atoms with Crippen LogP contribution < -0.4 is 4.74 Å². The molecule has 0 aromatic heterocycles. The highest BCUT2D eigenvalue weighted by molar-refractivity contribution is 5.94. The molecule has 0 aliphatic heterocycles. The summed E-state index contributed by atoms with van der Waals surface area (Å²) in [6.45, 7) is 1.51. The topological polar surface area (TPSA) is 43.4 Å². The Labute approximate surface area is 118 Å². The van der Waals surface area contributed by atoms with E-state index < -0.39 is 0 Å². The number of rotatable bonds is 6. The second-order valence-corrected chi connectivity index (χ2v) is 4.57. The number of hydrogen-bond acceptors (Lipinski definition) is 3. The van der Waals surface area contributed by atoms with Gasteiger partial charge in [0.25, 0.3) is 0 Å². The van der Waals surface area contributed by atoms with Crippen LogP contribution >= 0.6 is 0 Å². The summed E-state index contributed by atoms with van der Waals surface area (Å²) in [6, 6.07) is 16.4. The van der Waals surface area contributed by atoms with Crippen molar-refractivity contribution in [1.29, 1.82) is 0 Å². The molecule has 0 bridgehead atoms. The van der Waals surface area contributed by atoms with Crippen LogP contribution in [0, 0.1) is 0 Å². The minimum atomic E-state index is -0.0222. The molecule has 0 saturated heterocycles. The van der Waals surface area contributed by atoms with Crippen LogP contribution in [0.4, 0.5) is 0 Å². The first-order chi connectivity index (χ1) is 9.65. The molecule has 2 aromatic rings. The average molecular weight is 268 g/mol. The maximum atomic E-state index is 11.8. The van der Waals surface area contributed by atoms with E-state index in [9.17, 15) is 9.59 Å². The fourth-order valence-corrected chi connectivity index (χ4v) is 1.84. The SMILES string of the molecule is CC(=O)c1cccc(OCC(=O)Cc2ccccc2)c1. The second kappa shape index (κ2) is 6.66. The number of hydrogen-bond donors (Lipinski definition) is 0. The number of ketones is 2. The molecule has 3 nitrogen and oxygen atoms in total. The van der Waals surface area contributed by atoms with Gasteiger partial charge < -0.3 is 4.74 Å². The number of benzene rings is 2. The van der Waals surface area contributed by atoms with Crippen LogP contribution in [0.15, 0.2) is 54.6 Å². The van der Waals surface area contributed by atoms with Gasteiger partial charge in [-0.3, -0.25) is 9.59 Å². The van der Waals surface area contributed by atoms with E-state index >= 15 is 0 Å². The Kier molecular flexibility index (Phi) is 4.66. The number of ether oxygens (including phenoxy) is 1. The van der Waals surface area contributed by atoms with Crippen LogP contribution in [0.2, 0.25) is 0 Å². The highest BCUT2D eigenvalue weighted by Gasteiger charge is 2.06. The highest BCUT2D eigenvalue weighted by Crippen LogP contribution is 2.14. The fourth-order valence-electron chi connectivity index (χ4n) is 1.84. The van der Waals surface area contributed by atoms with Gasteiger partial charge in [-0.15, -0.1) is 0 Å². The lowest BCUT2D eigenvalue weighted by Gasteiger charge is -2.06. The van der Waals surface area contributed by atoms with Gasteiger partial charge in [-0.1, -0.05) is 42.5 Å². The summed E-state index contributed by atoms with van der Waals surface area (Å²) in [5, 5.41) is 0. The predicted molar refractivity (Wildman–Crippen MR) is 77.1 cm³/mol. The van der Waals surface area contributed by atoms with Crippen molar-refractivity contribution in [3.63, 3.8) is 0 Å². The maximum absolute atomic E-state index is 11.8. The third-order valence-corrected chi connectivity index (χ3v) is 2.88. The van der Waals surface area contributed by atoms with E-state index in [0.29, 0.717) is 17.7 Å². The summed E-state index contributed by atoms with van der Waals surface area (Å²) in [4.78, 5) is 23.1. The summed E-state index contributed by atoms with van der Waals surface area (Å²) in [6.07, 6.45) is 0.354. The molecule has 2 aromatic carbocycles. The molecular weight excluding hydrogens is 252 g/mol. The van der Waals surface area contributed by atoms with Gasteiger partial charge in [-0.25, -0.2) is 0 Å². The number of carbonyl (C=O) groups is 2. The zero-order chi connectivity index (χ0) is 14.4. The van der Waals surface area contributed by atoms with Gasteiger partial charge >= 0.3 is 0 Å². The Morgan fingerprint density at radius 1 is 1.00 bits per heavy atom. The third kappa shape index (κ3) is 4.05. The van der Waals surface area contributed by atoms with Gasteiger partial charge in [0.1, 0.15) is 12.4 Å². The smallest absolute Gasteiger partial charge is 0.174 e. The van der Waals surface area contributed by atoms with Gasteiger partial charge in [0.15, 0.2) is 11.6 Å². The van der Waals surface area contributed by atoms with E-state index in [1.807, 2.05) is 30.3 Å². The van der Waals surface area contributed by atoms with Crippen LogP contribution in [-0.2, 0) is 11.2 Å². The standard InChI is InChI=1S/C17H16O3/c1-13(18)15-8-5-9-17(11-15)20-12-16(19)10-14-6-3-2-4-7-14/h2-9,11H,10,12H2,1H3. The summed E-state index contributed by atoms with van der Waals surface area (Å²) < 4.78 is 5.43. The molecule has 0 atom stereocenters. The Morgan fingerprint density at radius 2 is 1.75 bits per heavy atom. The lowest BCUT2D eigenvalue weighted by Crippen LogP contribution is -2.13. The first-order valence-corrected chi connectivity index (χ1v) is 6.44. The van der Waals surface area contributed by atoms with Gasteiger partial charge in [0.2, 0.25) is 0 Å². The van der Waals surface area contributed by atoms with E-state index in [4.69, 9.17) is 4.74 Å². The monoisotopic (exact) mass is 268 g/mol. The summed E-state index contributed by atoms with van der Waals surface area (Å²) in [5.74, 6) is 0.523. The third-order valence-electron chi connectivity index (χ3n) is 2.88. The molecule has 0 spiro atoms. The van der Waals surface area contributed by atoms with Crippen molar-refractivity contribution in [2.75, 3.05) is 6.61 Å². The van der Waals surface area contributed by atoms with Crippen LogP contribution in [0.25, 0.3) is 0 Å². The molecule has 3 heteroatoms. The molecular formula is C17H16O3. The van der Waals surface area contributed by atoms with Crippen molar-refractivity contribution in [2.45, 2.75) is 13.3 Å². The minimum Gasteiger partial charge on any atom is -0.486 e. The number of Topliss-reactive ketones (excluding diaryl/α,β-unsaturated/α-hetero) is 2. The molecule has 0 amide bonds. The van der Waals surface area contributed by atoms with E-state index in [1.165, 1.54) is 6.92 Å². The van der Waals surface area contributed by atoms with E-state index in [0.717, 1.165) is 5.56 Å². The Morgan fingerprint density at radius 3 is 2.45 bits per heavy atom. The molecule has 0 aliphatic rings. The van der Waals surface area contributed by atoms with Crippen LogP contribution in [0.1, 0.15) is 22.8 Å². The molecule has 0 unspecified atom stereocenters. The van der Waals surface area contributed by atoms with Crippen LogP contribution in [0.5, 0.6) is 5.75 Å². The Balaban J connectivity index is 1.90. The molecule has 0 radical (unpaired) electrons. The van der Waals surface area contributed by atoms with Gasteiger partial charge in [-0.05, 0) is 24.6 Å². The Hall–Kier alpha value is -2.42. The summed E-state index contributed by atoms with van der Waals surface area (Å²) in [7, 11) is 0. The summed E-state index contributed by atoms with van der Waals surface area (Å²) >= 11 is 0. The van der Waals surface area contributed by atoms with Crippen molar-refractivity contribution in [1.82, 2.24) is 0 Å². The lowest BCUT2D eigenvalue weighted by atomic mass is 10.1. The minimum absolute atomic E-state index is 0.00410. The number of carbonyl (C=O) groups excluding carboxylic acids is 2. The largest absolute Gasteiger partial charge is 0.486 e. The highest BCUT2D eigenvalue weighted by atomic mass is 16.5. The molecule has 0 N–H and O–H groups in total. The second-order valence-electron chi connectivity index (χ2n) is 4.57. The summed E-state index contributed by atoms with van der Waals surface area (Å²) in [5.41, 5.74) is 1.55. The Bertz CT molecular complexity index is 603. The predicted octanol–water partition coefficient (Wildman–Crippen LogP) is 3.08. The molecule has 0 fully saturated rings. The average Bonchev–Trinajstić information content (AvgIpc) is 2.46. The zero-order valence-corrected chi connectivity index (χ0v) is 11.3. The van der Waals surface area contributed by atoms with Gasteiger partial charge in [0.05, 0.1) is 0 Å². The van der Waals surface area contributed by atoms with Crippen LogP contribution in [-0.4, -0.2) is 18.2 Å². The van der Waals surface area contributed by atoms with Gasteiger partial charge in [-0.2, -0.15) is 0 Å². The van der Waals surface area contributed by atoms with Crippen molar-refractivity contribution >= 4 is 11.6 Å². The molecule has 0 heterocycles. The maximum Gasteiger partial charge on any atom is 0.174 e. The van der Waals surface area contributed by atoms with Crippen molar-refractivity contribution in [2.24, 2.45) is 0 Å². The zero-order valence-electron chi connectivity index (χ0n) is 11.3. The molecule has 102 valence electrons. The quantitative estimate of drug-likeness (QED) is 0.756. The molecule has 0 aliphatic carbocycles. The van der Waals surface area contributed by atoms with E-state index in [-0.39, 0.29) is 18.2 Å². The lowest BCUT2D eigenvalue weighted by molar-refractivity contribution is -0.120. The van der Waals surface area contributed by atoms with Crippen molar-refractivity contribution in [3.8, 4) is 5.75 Å². The van der Waals surface area contributed by atoms with Crippen molar-refractivity contribution in [3.05, 3.63) is 65.7 Å². The van der Waals surface area contributed by atoms with Crippen molar-refractivity contribution < 1.29 is 14.3 Å².